The number of hydrogen-bond acceptors (Lipinski definition) is 4. The first-order chi connectivity index (χ1) is 9.38. The summed E-state index contributed by atoms with van der Waals surface area (Å²) in [4.78, 5) is 1.31. The fourth-order valence-electron chi connectivity index (χ4n) is 1.72. The van der Waals surface area contributed by atoms with Gasteiger partial charge in [-0.1, -0.05) is 12.1 Å². The van der Waals surface area contributed by atoms with E-state index in [-0.39, 0.29) is 0 Å². The molecule has 1 aromatic carbocycles. The zero-order valence-electron chi connectivity index (χ0n) is 11.6. The number of methoxy groups -OCH3 is 1. The van der Waals surface area contributed by atoms with Crippen molar-refractivity contribution in [2.75, 3.05) is 32.7 Å². The van der Waals surface area contributed by atoms with Crippen molar-refractivity contribution in [3.63, 3.8) is 0 Å². The maximum atomic E-state index is 5.44. The highest BCUT2D eigenvalue weighted by atomic mass is 32.2. The SMILES string of the molecule is COCCOCCSc1ccc(CNC2CC2)cc1. The topological polar surface area (TPSA) is 30.5 Å². The van der Waals surface area contributed by atoms with E-state index in [1.54, 1.807) is 7.11 Å². The third-order valence-electron chi connectivity index (χ3n) is 3.02. The van der Waals surface area contributed by atoms with Crippen LogP contribution >= 0.6 is 11.8 Å². The Morgan fingerprint density at radius 1 is 1.16 bits per heavy atom. The molecule has 1 fully saturated rings. The van der Waals surface area contributed by atoms with E-state index < -0.39 is 0 Å². The molecular weight excluding hydrogens is 258 g/mol. The largest absolute Gasteiger partial charge is 0.382 e. The molecule has 0 unspecified atom stereocenters. The van der Waals surface area contributed by atoms with E-state index in [0.29, 0.717) is 13.2 Å². The van der Waals surface area contributed by atoms with Crippen molar-refractivity contribution in [3.05, 3.63) is 29.8 Å². The molecule has 0 amide bonds. The summed E-state index contributed by atoms with van der Waals surface area (Å²) in [7, 11) is 1.69. The number of nitrogens with one attached hydrogen (secondary N) is 1. The molecule has 0 bridgehead atoms. The first kappa shape index (κ1) is 14.9. The number of hydrogen-bond donors (Lipinski definition) is 1. The van der Waals surface area contributed by atoms with Gasteiger partial charge >= 0.3 is 0 Å². The molecule has 4 heteroatoms. The molecule has 106 valence electrons. The van der Waals surface area contributed by atoms with Crippen LogP contribution in [0.25, 0.3) is 0 Å². The van der Waals surface area contributed by atoms with Gasteiger partial charge in [-0.3, -0.25) is 0 Å². The highest BCUT2D eigenvalue weighted by molar-refractivity contribution is 7.99. The second kappa shape index (κ2) is 8.59. The Morgan fingerprint density at radius 2 is 1.95 bits per heavy atom. The van der Waals surface area contributed by atoms with Crippen LogP contribution in [0.2, 0.25) is 0 Å². The first-order valence-electron chi connectivity index (χ1n) is 6.90. The van der Waals surface area contributed by atoms with Gasteiger partial charge < -0.3 is 14.8 Å². The second-order valence-electron chi connectivity index (χ2n) is 4.75. The van der Waals surface area contributed by atoms with Gasteiger partial charge in [0.05, 0.1) is 19.8 Å². The molecule has 0 radical (unpaired) electrons. The van der Waals surface area contributed by atoms with E-state index in [0.717, 1.165) is 24.9 Å². The Bertz CT molecular complexity index is 352. The number of benzene rings is 1. The lowest BCUT2D eigenvalue weighted by Gasteiger charge is -2.06. The van der Waals surface area contributed by atoms with Crippen LogP contribution in [0.1, 0.15) is 18.4 Å². The van der Waals surface area contributed by atoms with Gasteiger partial charge in [-0.25, -0.2) is 0 Å². The van der Waals surface area contributed by atoms with Crippen LogP contribution in [0.3, 0.4) is 0 Å². The zero-order chi connectivity index (χ0) is 13.3. The predicted octanol–water partition coefficient (Wildman–Crippen LogP) is 2.69. The summed E-state index contributed by atoms with van der Waals surface area (Å²) >= 11 is 1.84. The van der Waals surface area contributed by atoms with E-state index in [4.69, 9.17) is 9.47 Å². The van der Waals surface area contributed by atoms with Crippen molar-refractivity contribution >= 4 is 11.8 Å². The van der Waals surface area contributed by atoms with Gasteiger partial charge in [0.25, 0.3) is 0 Å². The Kier molecular flexibility index (Phi) is 6.71. The fraction of sp³-hybridized carbons (Fsp3) is 0.600. The van der Waals surface area contributed by atoms with Crippen molar-refractivity contribution in [2.45, 2.75) is 30.3 Å². The van der Waals surface area contributed by atoms with Gasteiger partial charge in [-0.05, 0) is 30.5 Å². The Hall–Kier alpha value is -0.550. The number of rotatable bonds is 10. The lowest BCUT2D eigenvalue weighted by molar-refractivity contribution is 0.0790. The Labute approximate surface area is 120 Å². The number of thioether (sulfide) groups is 1. The lowest BCUT2D eigenvalue weighted by Crippen LogP contribution is -2.14. The molecule has 2 rings (SSSR count). The van der Waals surface area contributed by atoms with Crippen molar-refractivity contribution in [3.8, 4) is 0 Å². The molecule has 1 aromatic rings. The van der Waals surface area contributed by atoms with E-state index in [2.05, 4.69) is 29.6 Å². The van der Waals surface area contributed by atoms with Crippen LogP contribution in [0.15, 0.2) is 29.2 Å². The molecule has 0 saturated heterocycles. The second-order valence-corrected chi connectivity index (χ2v) is 5.92. The van der Waals surface area contributed by atoms with E-state index >= 15 is 0 Å². The Morgan fingerprint density at radius 3 is 2.63 bits per heavy atom. The van der Waals surface area contributed by atoms with E-state index in [1.165, 1.54) is 23.3 Å². The van der Waals surface area contributed by atoms with Gasteiger partial charge in [-0.2, -0.15) is 0 Å². The van der Waals surface area contributed by atoms with E-state index in [1.807, 2.05) is 11.8 Å². The van der Waals surface area contributed by atoms with Crippen molar-refractivity contribution < 1.29 is 9.47 Å². The van der Waals surface area contributed by atoms with Crippen molar-refractivity contribution in [1.29, 1.82) is 0 Å². The minimum Gasteiger partial charge on any atom is -0.382 e. The normalized spacial score (nSPS) is 14.8. The third-order valence-corrected chi connectivity index (χ3v) is 4.00. The molecule has 3 nitrogen and oxygen atoms in total. The average Bonchev–Trinajstić information content (AvgIpc) is 3.26. The average molecular weight is 281 g/mol. The summed E-state index contributed by atoms with van der Waals surface area (Å²) in [6.45, 7) is 3.13. The molecule has 0 aliphatic heterocycles. The highest BCUT2D eigenvalue weighted by Gasteiger charge is 2.19. The lowest BCUT2D eigenvalue weighted by atomic mass is 10.2. The van der Waals surface area contributed by atoms with Gasteiger partial charge in [0.2, 0.25) is 0 Å². The summed E-state index contributed by atoms with van der Waals surface area (Å²) < 4.78 is 10.4. The molecule has 0 heterocycles. The maximum Gasteiger partial charge on any atom is 0.0700 e. The maximum absolute atomic E-state index is 5.44. The number of ether oxygens (including phenoxy) is 2. The monoisotopic (exact) mass is 281 g/mol. The highest BCUT2D eigenvalue weighted by Crippen LogP contribution is 2.21. The molecule has 1 N–H and O–H groups in total. The molecule has 0 aromatic heterocycles. The van der Waals surface area contributed by atoms with E-state index in [9.17, 15) is 0 Å². The smallest absolute Gasteiger partial charge is 0.0700 e. The summed E-state index contributed by atoms with van der Waals surface area (Å²) in [5, 5.41) is 3.53. The molecule has 0 atom stereocenters. The van der Waals surface area contributed by atoms with Crippen LogP contribution in [-0.2, 0) is 16.0 Å². The molecule has 0 spiro atoms. The standard InChI is InChI=1S/C15H23NO2S/c1-17-8-9-18-10-11-19-15-6-2-13(3-7-15)12-16-14-4-5-14/h2-3,6-7,14,16H,4-5,8-12H2,1H3. The zero-order valence-corrected chi connectivity index (χ0v) is 12.4. The molecule has 1 aliphatic carbocycles. The van der Waals surface area contributed by atoms with Crippen molar-refractivity contribution in [2.24, 2.45) is 0 Å². The minimum atomic E-state index is 0.674. The van der Waals surface area contributed by atoms with Gasteiger partial charge in [-0.15, -0.1) is 11.8 Å². The summed E-state index contributed by atoms with van der Waals surface area (Å²) in [5.74, 6) is 0.989. The van der Waals surface area contributed by atoms with Crippen LogP contribution in [-0.4, -0.2) is 38.7 Å². The quantitative estimate of drug-likeness (QED) is 0.527. The summed E-state index contributed by atoms with van der Waals surface area (Å²) in [6.07, 6.45) is 2.69. The van der Waals surface area contributed by atoms with Gasteiger partial charge in [0.15, 0.2) is 0 Å². The minimum absolute atomic E-state index is 0.674. The fourth-order valence-corrected chi connectivity index (χ4v) is 2.48. The summed E-state index contributed by atoms with van der Waals surface area (Å²) in [6, 6.07) is 9.60. The first-order valence-corrected chi connectivity index (χ1v) is 7.89. The predicted molar refractivity (Wildman–Crippen MR) is 79.7 cm³/mol. The van der Waals surface area contributed by atoms with Crippen LogP contribution in [0.4, 0.5) is 0 Å². The van der Waals surface area contributed by atoms with Crippen LogP contribution < -0.4 is 5.32 Å². The molecule has 19 heavy (non-hydrogen) atoms. The third kappa shape index (κ3) is 6.43. The molecule has 1 aliphatic rings. The van der Waals surface area contributed by atoms with Crippen LogP contribution in [0, 0.1) is 0 Å². The Balaban J connectivity index is 1.58. The van der Waals surface area contributed by atoms with Gasteiger partial charge in [0.1, 0.15) is 0 Å². The van der Waals surface area contributed by atoms with Crippen LogP contribution in [0.5, 0.6) is 0 Å². The van der Waals surface area contributed by atoms with Crippen molar-refractivity contribution in [1.82, 2.24) is 5.32 Å². The molecule has 1 saturated carbocycles. The van der Waals surface area contributed by atoms with Gasteiger partial charge in [0, 0.05) is 30.3 Å². The summed E-state index contributed by atoms with van der Waals surface area (Å²) in [5.41, 5.74) is 1.37. The molecular formula is C15H23NO2S.